The second kappa shape index (κ2) is 7.81. The maximum absolute atomic E-state index is 13.4. The number of halogens is 2. The molecule has 3 fully saturated rings. The van der Waals surface area contributed by atoms with Crippen LogP contribution in [0.4, 0.5) is 10.2 Å². The van der Waals surface area contributed by atoms with Crippen LogP contribution in [-0.2, 0) is 9.59 Å². The minimum Gasteiger partial charge on any atom is -0.484 e. The number of ether oxygens (including phenoxy) is 1. The lowest BCUT2D eigenvalue weighted by Gasteiger charge is -2.70. The highest BCUT2D eigenvalue weighted by molar-refractivity contribution is 6.30. The van der Waals surface area contributed by atoms with Crippen LogP contribution in [0.2, 0.25) is 5.02 Å². The number of amides is 3. The molecule has 1 heterocycles. The second-order valence-electron chi connectivity index (χ2n) is 8.05. The molecule has 31 heavy (non-hydrogen) atoms. The molecule has 0 unspecified atom stereocenters. The zero-order valence-electron chi connectivity index (χ0n) is 16.6. The second-order valence-corrected chi connectivity index (χ2v) is 8.45. The van der Waals surface area contributed by atoms with Gasteiger partial charge in [-0.3, -0.25) is 14.4 Å². The molecule has 0 radical (unpaired) electrons. The van der Waals surface area contributed by atoms with Crippen molar-refractivity contribution in [3.05, 3.63) is 52.9 Å². The van der Waals surface area contributed by atoms with Gasteiger partial charge in [-0.25, -0.2) is 9.37 Å². The summed E-state index contributed by atoms with van der Waals surface area (Å²) in [6.45, 7) is 1.12. The van der Waals surface area contributed by atoms with Gasteiger partial charge in [0.05, 0.1) is 5.02 Å². The summed E-state index contributed by atoms with van der Waals surface area (Å²) < 4.78 is 18.7. The molecule has 0 atom stereocenters. The van der Waals surface area contributed by atoms with Gasteiger partial charge in [-0.05, 0) is 43.5 Å². The van der Waals surface area contributed by atoms with E-state index in [1.54, 1.807) is 18.2 Å². The largest absolute Gasteiger partial charge is 0.484 e. The summed E-state index contributed by atoms with van der Waals surface area (Å²) in [5, 5.41) is 8.42. The van der Waals surface area contributed by atoms with Crippen molar-refractivity contribution >= 4 is 35.1 Å². The Hall–Kier alpha value is -3.20. The number of anilines is 1. The summed E-state index contributed by atoms with van der Waals surface area (Å²) in [4.78, 5) is 40.0. The van der Waals surface area contributed by atoms with Crippen molar-refractivity contribution in [3.63, 3.8) is 0 Å². The molecular weight excluding hydrogens is 427 g/mol. The predicted octanol–water partition coefficient (Wildman–Crippen LogP) is 2.43. The van der Waals surface area contributed by atoms with Crippen LogP contribution in [0.5, 0.6) is 5.75 Å². The fraction of sp³-hybridized carbons (Fsp3) is 0.333. The Morgan fingerprint density at radius 1 is 1.13 bits per heavy atom. The van der Waals surface area contributed by atoms with E-state index in [2.05, 4.69) is 20.9 Å². The van der Waals surface area contributed by atoms with Crippen LogP contribution >= 0.6 is 11.6 Å². The van der Waals surface area contributed by atoms with Crippen molar-refractivity contribution in [2.45, 2.75) is 37.3 Å². The Kier molecular flexibility index (Phi) is 5.30. The van der Waals surface area contributed by atoms with Crippen molar-refractivity contribution in [2.24, 2.45) is 0 Å². The number of benzene rings is 1. The number of carbonyl (C=O) groups excluding carboxylic acids is 3. The first-order chi connectivity index (χ1) is 14.7. The first kappa shape index (κ1) is 21.0. The van der Waals surface area contributed by atoms with Crippen molar-refractivity contribution in [1.29, 1.82) is 0 Å². The predicted molar refractivity (Wildman–Crippen MR) is 110 cm³/mol. The van der Waals surface area contributed by atoms with Crippen LogP contribution in [0.15, 0.2) is 36.4 Å². The quantitative estimate of drug-likeness (QED) is 0.605. The standard InChI is InChI=1S/C21H20ClFN4O4/c1-12(28)24-17-4-2-3-16(25-17)19(30)27-21-9-20(10-21,11-21)26-18(29)8-31-13-5-6-14(22)15(23)7-13/h2-7H,8-11H2,1H3,(H,26,29)(H,27,30)(H,24,25,28). The van der Waals surface area contributed by atoms with Gasteiger partial charge < -0.3 is 20.7 Å². The Bertz CT molecular complexity index is 1060. The van der Waals surface area contributed by atoms with E-state index >= 15 is 0 Å². The van der Waals surface area contributed by atoms with Gasteiger partial charge >= 0.3 is 0 Å². The summed E-state index contributed by atoms with van der Waals surface area (Å²) in [6, 6.07) is 8.78. The Balaban J connectivity index is 1.25. The van der Waals surface area contributed by atoms with Gasteiger partial charge in [0.25, 0.3) is 11.8 Å². The molecule has 0 saturated heterocycles. The van der Waals surface area contributed by atoms with E-state index in [0.29, 0.717) is 25.1 Å². The SMILES string of the molecule is CC(=O)Nc1cccc(C(=O)NC23CC(NC(=O)COc4ccc(Cl)c(F)c4)(C2)C3)n1. The van der Waals surface area contributed by atoms with Crippen LogP contribution in [-0.4, -0.2) is 40.4 Å². The molecule has 2 aromatic rings. The molecule has 3 saturated carbocycles. The van der Waals surface area contributed by atoms with Gasteiger partial charge in [0.2, 0.25) is 5.91 Å². The highest BCUT2D eigenvalue weighted by Gasteiger charge is 2.69. The van der Waals surface area contributed by atoms with Crippen LogP contribution in [0.3, 0.4) is 0 Å². The number of rotatable bonds is 7. The lowest BCUT2D eigenvalue weighted by molar-refractivity contribution is -0.141. The monoisotopic (exact) mass is 446 g/mol. The van der Waals surface area contributed by atoms with E-state index in [-0.39, 0.29) is 51.9 Å². The number of aromatic nitrogens is 1. The van der Waals surface area contributed by atoms with Crippen LogP contribution in [0.25, 0.3) is 0 Å². The van der Waals surface area contributed by atoms with Gasteiger partial charge in [-0.1, -0.05) is 17.7 Å². The van der Waals surface area contributed by atoms with E-state index < -0.39 is 5.82 Å². The smallest absolute Gasteiger partial charge is 0.270 e. The number of pyridine rings is 1. The molecule has 3 aliphatic carbocycles. The fourth-order valence-corrected chi connectivity index (χ4v) is 4.33. The van der Waals surface area contributed by atoms with E-state index in [1.165, 1.54) is 19.1 Å². The molecule has 2 bridgehead atoms. The Labute approximate surface area is 182 Å². The lowest BCUT2D eigenvalue weighted by atomic mass is 9.44. The van der Waals surface area contributed by atoms with Crippen molar-refractivity contribution in [3.8, 4) is 5.75 Å². The van der Waals surface area contributed by atoms with Crippen LogP contribution in [0, 0.1) is 5.82 Å². The number of nitrogens with one attached hydrogen (secondary N) is 3. The number of hydrogen-bond donors (Lipinski definition) is 3. The molecule has 3 amide bonds. The molecule has 3 N–H and O–H groups in total. The Morgan fingerprint density at radius 2 is 1.84 bits per heavy atom. The van der Waals surface area contributed by atoms with Gasteiger partial charge in [-0.15, -0.1) is 0 Å². The van der Waals surface area contributed by atoms with Crippen molar-refractivity contribution in [2.75, 3.05) is 11.9 Å². The number of carbonyl (C=O) groups is 3. The van der Waals surface area contributed by atoms with Crippen LogP contribution < -0.4 is 20.7 Å². The molecule has 0 aliphatic heterocycles. The molecule has 8 nitrogen and oxygen atoms in total. The van der Waals surface area contributed by atoms with E-state index in [9.17, 15) is 18.8 Å². The maximum Gasteiger partial charge on any atom is 0.270 e. The molecule has 5 rings (SSSR count). The summed E-state index contributed by atoms with van der Waals surface area (Å²) in [5.41, 5.74) is -0.515. The minimum atomic E-state index is -0.617. The zero-order chi connectivity index (χ0) is 22.2. The van der Waals surface area contributed by atoms with Gasteiger partial charge in [-0.2, -0.15) is 0 Å². The topological polar surface area (TPSA) is 109 Å². The fourth-order valence-electron chi connectivity index (χ4n) is 4.22. The first-order valence-electron chi connectivity index (χ1n) is 9.64. The van der Waals surface area contributed by atoms with Crippen molar-refractivity contribution < 1.29 is 23.5 Å². The van der Waals surface area contributed by atoms with Gasteiger partial charge in [0.1, 0.15) is 23.1 Å². The summed E-state index contributed by atoms with van der Waals surface area (Å²) in [7, 11) is 0. The first-order valence-corrected chi connectivity index (χ1v) is 10.0. The lowest BCUT2D eigenvalue weighted by Crippen LogP contribution is -2.84. The molecular formula is C21H20ClFN4O4. The third kappa shape index (κ3) is 4.46. The average molecular weight is 447 g/mol. The molecule has 1 aromatic heterocycles. The average Bonchev–Trinajstić information content (AvgIpc) is 2.66. The highest BCUT2D eigenvalue weighted by atomic mass is 35.5. The molecule has 1 aromatic carbocycles. The normalized spacial score (nSPS) is 23.1. The molecule has 3 aliphatic rings. The summed E-state index contributed by atoms with van der Waals surface area (Å²) in [6.07, 6.45) is 1.83. The third-order valence-corrected chi connectivity index (χ3v) is 5.67. The minimum absolute atomic E-state index is 0.0185. The molecule has 10 heteroatoms. The zero-order valence-corrected chi connectivity index (χ0v) is 17.4. The van der Waals surface area contributed by atoms with E-state index in [1.807, 2.05) is 0 Å². The third-order valence-electron chi connectivity index (χ3n) is 5.36. The van der Waals surface area contributed by atoms with Crippen LogP contribution in [0.1, 0.15) is 36.7 Å². The highest BCUT2D eigenvalue weighted by Crippen LogP contribution is 2.60. The molecule has 162 valence electrons. The number of hydrogen-bond acceptors (Lipinski definition) is 5. The van der Waals surface area contributed by atoms with Crippen molar-refractivity contribution in [1.82, 2.24) is 15.6 Å². The maximum atomic E-state index is 13.4. The Morgan fingerprint density at radius 3 is 2.52 bits per heavy atom. The number of nitrogens with zero attached hydrogens (tertiary/aromatic N) is 1. The van der Waals surface area contributed by atoms with Gasteiger partial charge in [0, 0.05) is 24.1 Å². The molecule has 0 spiro atoms. The van der Waals surface area contributed by atoms with E-state index in [4.69, 9.17) is 16.3 Å². The summed E-state index contributed by atoms with van der Waals surface area (Å²) in [5.74, 6) is -1.02. The summed E-state index contributed by atoms with van der Waals surface area (Å²) >= 11 is 5.62. The van der Waals surface area contributed by atoms with Gasteiger partial charge in [0.15, 0.2) is 6.61 Å². The van der Waals surface area contributed by atoms with E-state index in [0.717, 1.165) is 6.07 Å².